The highest BCUT2D eigenvalue weighted by atomic mass is 19.4. The smallest absolute Gasteiger partial charge is 0.328 e. The van der Waals surface area contributed by atoms with Crippen LogP contribution in [0.4, 0.5) is 13.2 Å². The first-order valence-corrected chi connectivity index (χ1v) is 4.69. The largest absolute Gasteiger partial charge is 0.421 e. The molecule has 0 radical (unpaired) electrons. The second-order valence-corrected chi connectivity index (χ2v) is 3.36. The Bertz CT molecular complexity index is 575. The van der Waals surface area contributed by atoms with Crippen LogP contribution in [0.3, 0.4) is 0 Å². The van der Waals surface area contributed by atoms with Crippen LogP contribution in [0.25, 0.3) is 11.1 Å². The third kappa shape index (κ3) is 2.35. The van der Waals surface area contributed by atoms with Gasteiger partial charge in [0.2, 0.25) is 0 Å². The molecule has 88 valence electrons. The van der Waals surface area contributed by atoms with Crippen molar-refractivity contribution in [3.05, 3.63) is 52.7 Å². The Morgan fingerprint density at radius 1 is 1.12 bits per heavy atom. The highest BCUT2D eigenvalue weighted by molar-refractivity contribution is 5.62. The first kappa shape index (κ1) is 11.4. The minimum Gasteiger partial charge on any atom is -0.328 e. The molecule has 0 fully saturated rings. The van der Waals surface area contributed by atoms with Crippen molar-refractivity contribution in [2.45, 2.75) is 6.18 Å². The number of aromatic nitrogens is 2. The van der Waals surface area contributed by atoms with Crippen LogP contribution in [0, 0.1) is 0 Å². The fourth-order valence-electron chi connectivity index (χ4n) is 1.41. The Labute approximate surface area is 94.0 Å². The van der Waals surface area contributed by atoms with E-state index in [9.17, 15) is 18.0 Å². The molecule has 0 aromatic carbocycles. The number of alkyl halides is 3. The Morgan fingerprint density at radius 3 is 2.35 bits per heavy atom. The maximum Gasteiger partial charge on any atom is 0.421 e. The van der Waals surface area contributed by atoms with Gasteiger partial charge in [0.15, 0.2) is 0 Å². The number of rotatable bonds is 1. The van der Waals surface area contributed by atoms with E-state index in [0.717, 1.165) is 6.07 Å². The molecule has 2 heterocycles. The number of hydrogen-bond acceptors (Lipinski definition) is 2. The van der Waals surface area contributed by atoms with E-state index in [1.807, 2.05) is 0 Å². The maximum absolute atomic E-state index is 12.5. The maximum atomic E-state index is 12.5. The number of H-pyrrole nitrogens is 1. The summed E-state index contributed by atoms with van der Waals surface area (Å²) >= 11 is 0. The summed E-state index contributed by atoms with van der Waals surface area (Å²) in [6.45, 7) is 0. The van der Waals surface area contributed by atoms with Crippen molar-refractivity contribution in [1.29, 1.82) is 0 Å². The molecule has 17 heavy (non-hydrogen) atoms. The van der Waals surface area contributed by atoms with Crippen molar-refractivity contribution in [1.82, 2.24) is 9.97 Å². The van der Waals surface area contributed by atoms with Crippen molar-refractivity contribution in [3.8, 4) is 11.1 Å². The Kier molecular flexibility index (Phi) is 2.71. The molecule has 0 aliphatic carbocycles. The van der Waals surface area contributed by atoms with Crippen molar-refractivity contribution in [3.63, 3.8) is 0 Å². The summed E-state index contributed by atoms with van der Waals surface area (Å²) < 4.78 is 37.5. The summed E-state index contributed by atoms with van der Waals surface area (Å²) in [6.07, 6.45) is -0.481. The number of halogens is 3. The molecule has 6 heteroatoms. The normalized spacial score (nSPS) is 11.5. The van der Waals surface area contributed by atoms with Crippen LogP contribution in [0.1, 0.15) is 5.56 Å². The van der Waals surface area contributed by atoms with E-state index < -0.39 is 17.3 Å². The van der Waals surface area contributed by atoms with Crippen LogP contribution in [0.15, 0.2) is 41.6 Å². The summed E-state index contributed by atoms with van der Waals surface area (Å²) in [5.41, 5.74) is -1.50. The predicted molar refractivity (Wildman–Crippen MR) is 55.3 cm³/mol. The average Bonchev–Trinajstić information content (AvgIpc) is 2.29. The summed E-state index contributed by atoms with van der Waals surface area (Å²) in [6, 6.07) is 3.95. The molecule has 0 amide bonds. The van der Waals surface area contributed by atoms with Gasteiger partial charge in [0.05, 0.1) is 0 Å². The van der Waals surface area contributed by atoms with Gasteiger partial charge < -0.3 is 4.98 Å². The van der Waals surface area contributed by atoms with E-state index in [1.165, 1.54) is 18.6 Å². The zero-order chi connectivity index (χ0) is 12.5. The number of aromatic amines is 1. The molecule has 0 atom stereocenters. The van der Waals surface area contributed by atoms with Gasteiger partial charge >= 0.3 is 6.18 Å². The number of nitrogens with zero attached hydrogens (tertiary/aromatic N) is 1. The summed E-state index contributed by atoms with van der Waals surface area (Å²) in [7, 11) is 0. The molecule has 0 unspecified atom stereocenters. The molecular weight excluding hydrogens is 233 g/mol. The molecule has 0 bridgehead atoms. The van der Waals surface area contributed by atoms with Gasteiger partial charge in [0.25, 0.3) is 5.56 Å². The van der Waals surface area contributed by atoms with E-state index in [-0.39, 0.29) is 0 Å². The molecule has 0 aliphatic heterocycles. The monoisotopic (exact) mass is 240 g/mol. The molecule has 1 N–H and O–H groups in total. The SMILES string of the molecule is O=c1[nH]cc(-c2ccncc2)cc1C(F)(F)F. The zero-order valence-electron chi connectivity index (χ0n) is 8.45. The molecule has 0 saturated heterocycles. The number of pyridine rings is 2. The van der Waals surface area contributed by atoms with Gasteiger partial charge in [0.1, 0.15) is 5.56 Å². The first-order chi connectivity index (χ1) is 7.98. The van der Waals surface area contributed by atoms with Gasteiger partial charge in [-0.25, -0.2) is 0 Å². The van der Waals surface area contributed by atoms with Gasteiger partial charge in [-0.15, -0.1) is 0 Å². The van der Waals surface area contributed by atoms with Gasteiger partial charge in [-0.2, -0.15) is 13.2 Å². The number of nitrogens with one attached hydrogen (secondary N) is 1. The van der Waals surface area contributed by atoms with Crippen LogP contribution >= 0.6 is 0 Å². The summed E-state index contributed by atoms with van der Waals surface area (Å²) in [5.74, 6) is 0. The van der Waals surface area contributed by atoms with Crippen LogP contribution in [0.2, 0.25) is 0 Å². The first-order valence-electron chi connectivity index (χ1n) is 4.69. The third-order valence-corrected chi connectivity index (χ3v) is 2.22. The highest BCUT2D eigenvalue weighted by Gasteiger charge is 2.34. The second kappa shape index (κ2) is 4.04. The third-order valence-electron chi connectivity index (χ3n) is 2.22. The topological polar surface area (TPSA) is 45.8 Å². The minimum atomic E-state index is -4.66. The van der Waals surface area contributed by atoms with Gasteiger partial charge in [-0.3, -0.25) is 9.78 Å². The molecule has 2 rings (SSSR count). The van der Waals surface area contributed by atoms with Gasteiger partial charge in [0, 0.05) is 18.6 Å². The zero-order valence-corrected chi connectivity index (χ0v) is 8.45. The lowest BCUT2D eigenvalue weighted by Crippen LogP contribution is -2.20. The summed E-state index contributed by atoms with van der Waals surface area (Å²) in [4.78, 5) is 16.9. The molecule has 0 spiro atoms. The van der Waals surface area contributed by atoms with Crippen molar-refractivity contribution < 1.29 is 13.2 Å². The fraction of sp³-hybridized carbons (Fsp3) is 0.0909. The van der Waals surface area contributed by atoms with Crippen molar-refractivity contribution in [2.75, 3.05) is 0 Å². The van der Waals surface area contributed by atoms with Gasteiger partial charge in [-0.1, -0.05) is 0 Å². The van der Waals surface area contributed by atoms with E-state index in [4.69, 9.17) is 0 Å². The Balaban J connectivity index is 2.57. The van der Waals surface area contributed by atoms with Crippen LogP contribution < -0.4 is 5.56 Å². The van der Waals surface area contributed by atoms with Gasteiger partial charge in [-0.05, 0) is 29.3 Å². The van der Waals surface area contributed by atoms with E-state index >= 15 is 0 Å². The second-order valence-electron chi connectivity index (χ2n) is 3.36. The molecule has 2 aromatic rings. The van der Waals surface area contributed by atoms with Crippen molar-refractivity contribution in [2.24, 2.45) is 0 Å². The van der Waals surface area contributed by atoms with Crippen molar-refractivity contribution >= 4 is 0 Å². The van der Waals surface area contributed by atoms with E-state index in [0.29, 0.717) is 11.1 Å². The van der Waals surface area contributed by atoms with Crippen LogP contribution in [-0.2, 0) is 6.18 Å². The molecule has 2 aromatic heterocycles. The predicted octanol–water partition coefficient (Wildman–Crippen LogP) is 2.46. The Morgan fingerprint density at radius 2 is 1.76 bits per heavy atom. The lowest BCUT2D eigenvalue weighted by molar-refractivity contribution is -0.138. The molecule has 0 saturated carbocycles. The van der Waals surface area contributed by atoms with Crippen LogP contribution in [-0.4, -0.2) is 9.97 Å². The summed E-state index contributed by atoms with van der Waals surface area (Å²) in [5, 5.41) is 0. The van der Waals surface area contributed by atoms with Crippen LogP contribution in [0.5, 0.6) is 0 Å². The fourth-order valence-corrected chi connectivity index (χ4v) is 1.41. The quantitative estimate of drug-likeness (QED) is 0.832. The molecule has 3 nitrogen and oxygen atoms in total. The van der Waals surface area contributed by atoms with E-state index in [2.05, 4.69) is 9.97 Å². The van der Waals surface area contributed by atoms with E-state index in [1.54, 1.807) is 12.1 Å². The highest BCUT2D eigenvalue weighted by Crippen LogP contribution is 2.28. The standard InChI is InChI=1S/C11H7F3N2O/c12-11(13,14)9-5-8(6-16-10(9)17)7-1-3-15-4-2-7/h1-6H,(H,16,17). The lowest BCUT2D eigenvalue weighted by atomic mass is 10.1. The lowest BCUT2D eigenvalue weighted by Gasteiger charge is -2.07. The minimum absolute atomic E-state index is 0.291. The number of hydrogen-bond donors (Lipinski definition) is 1. The average molecular weight is 240 g/mol. The molecular formula is C11H7F3N2O. The molecule has 0 aliphatic rings. The Hall–Kier alpha value is -2.11.